The van der Waals surface area contributed by atoms with Crippen LogP contribution in [0.2, 0.25) is 0 Å². The summed E-state index contributed by atoms with van der Waals surface area (Å²) in [5, 5.41) is 19.4. The maximum atomic E-state index is 12.6. The minimum absolute atomic E-state index is 0.0318. The first-order valence-electron chi connectivity index (χ1n) is 8.49. The number of hydrogen-bond donors (Lipinski definition) is 2. The number of phenols is 2. The zero-order chi connectivity index (χ0) is 18.7. The molecule has 2 N–H and O–H groups in total. The van der Waals surface area contributed by atoms with Crippen molar-refractivity contribution in [3.8, 4) is 17.2 Å². The van der Waals surface area contributed by atoms with Gasteiger partial charge in [-0.05, 0) is 49.2 Å². The van der Waals surface area contributed by atoms with Crippen molar-refractivity contribution in [3.63, 3.8) is 0 Å². The van der Waals surface area contributed by atoms with Gasteiger partial charge in [-0.1, -0.05) is 0 Å². The Labute approximate surface area is 151 Å². The van der Waals surface area contributed by atoms with Crippen molar-refractivity contribution >= 4 is 11.7 Å². The number of ether oxygens (including phenoxy) is 1. The lowest BCUT2D eigenvalue weighted by Crippen LogP contribution is -2.40. The van der Waals surface area contributed by atoms with E-state index in [0.717, 1.165) is 0 Å². The Hall–Kier alpha value is -3.02. The van der Waals surface area contributed by atoms with Crippen LogP contribution >= 0.6 is 0 Å². The Morgan fingerprint density at radius 2 is 1.69 bits per heavy atom. The van der Waals surface area contributed by atoms with Crippen molar-refractivity contribution in [1.29, 1.82) is 0 Å². The molecule has 136 valence electrons. The molecule has 0 atom stereocenters. The summed E-state index contributed by atoms with van der Waals surface area (Å²) in [6, 6.07) is 10.8. The summed E-state index contributed by atoms with van der Waals surface area (Å²) in [7, 11) is 1.49. The minimum Gasteiger partial charge on any atom is -0.508 e. The number of piperidine rings is 1. The Balaban J connectivity index is 1.63. The van der Waals surface area contributed by atoms with Gasteiger partial charge >= 0.3 is 0 Å². The Kier molecular flexibility index (Phi) is 5.11. The highest BCUT2D eigenvalue weighted by molar-refractivity contribution is 5.99. The molecule has 0 saturated carbocycles. The van der Waals surface area contributed by atoms with Gasteiger partial charge < -0.3 is 19.8 Å². The molecule has 1 fully saturated rings. The lowest BCUT2D eigenvalue weighted by Gasteiger charge is -2.31. The van der Waals surface area contributed by atoms with E-state index in [1.165, 1.54) is 25.3 Å². The summed E-state index contributed by atoms with van der Waals surface area (Å²) in [6.07, 6.45) is 1.14. The number of likely N-dealkylation sites (tertiary alicyclic amines) is 1. The lowest BCUT2D eigenvalue weighted by atomic mass is 9.88. The van der Waals surface area contributed by atoms with Crippen LogP contribution in [0.3, 0.4) is 0 Å². The van der Waals surface area contributed by atoms with Crippen molar-refractivity contribution in [2.45, 2.75) is 12.8 Å². The predicted octanol–water partition coefficient (Wildman–Crippen LogP) is 2.84. The molecule has 3 rings (SSSR count). The molecule has 6 nitrogen and oxygen atoms in total. The zero-order valence-electron chi connectivity index (χ0n) is 14.5. The molecule has 26 heavy (non-hydrogen) atoms. The Morgan fingerprint density at radius 3 is 2.27 bits per heavy atom. The normalized spacial score (nSPS) is 14.9. The summed E-state index contributed by atoms with van der Waals surface area (Å²) >= 11 is 0. The first-order chi connectivity index (χ1) is 12.5. The van der Waals surface area contributed by atoms with Gasteiger partial charge in [-0.3, -0.25) is 9.59 Å². The third-order valence-corrected chi connectivity index (χ3v) is 4.74. The summed E-state index contributed by atoms with van der Waals surface area (Å²) in [5.74, 6) is 0.133. The first-order valence-corrected chi connectivity index (χ1v) is 8.49. The van der Waals surface area contributed by atoms with E-state index >= 15 is 0 Å². The zero-order valence-corrected chi connectivity index (χ0v) is 14.5. The number of amides is 1. The van der Waals surface area contributed by atoms with E-state index in [9.17, 15) is 19.8 Å². The number of aromatic hydroxyl groups is 2. The molecule has 6 heteroatoms. The average Bonchev–Trinajstić information content (AvgIpc) is 2.67. The first kappa shape index (κ1) is 17.8. The van der Waals surface area contributed by atoms with Gasteiger partial charge in [-0.2, -0.15) is 0 Å². The van der Waals surface area contributed by atoms with Crippen LogP contribution in [-0.4, -0.2) is 47.0 Å². The van der Waals surface area contributed by atoms with Crippen molar-refractivity contribution in [3.05, 3.63) is 53.6 Å². The quantitative estimate of drug-likeness (QED) is 0.824. The van der Waals surface area contributed by atoms with Gasteiger partial charge in [0.1, 0.15) is 17.2 Å². The van der Waals surface area contributed by atoms with Crippen molar-refractivity contribution in [2.24, 2.45) is 5.92 Å². The van der Waals surface area contributed by atoms with E-state index in [1.807, 2.05) is 0 Å². The number of carbonyl (C=O) groups excluding carboxylic acids is 2. The van der Waals surface area contributed by atoms with Gasteiger partial charge in [0.2, 0.25) is 0 Å². The number of hydrogen-bond acceptors (Lipinski definition) is 5. The molecule has 1 heterocycles. The van der Waals surface area contributed by atoms with Crippen LogP contribution in [0.4, 0.5) is 0 Å². The van der Waals surface area contributed by atoms with Gasteiger partial charge in [0, 0.05) is 30.6 Å². The van der Waals surface area contributed by atoms with E-state index < -0.39 is 0 Å². The number of carbonyl (C=O) groups is 2. The third-order valence-electron chi connectivity index (χ3n) is 4.74. The molecule has 1 amide bonds. The van der Waals surface area contributed by atoms with Gasteiger partial charge in [0.15, 0.2) is 5.78 Å². The van der Waals surface area contributed by atoms with Gasteiger partial charge in [-0.15, -0.1) is 0 Å². The number of phenolic OH excluding ortho intramolecular Hbond substituents is 2. The van der Waals surface area contributed by atoms with Crippen molar-refractivity contribution in [2.75, 3.05) is 20.2 Å². The summed E-state index contributed by atoms with van der Waals surface area (Å²) < 4.78 is 5.03. The second kappa shape index (κ2) is 7.47. The van der Waals surface area contributed by atoms with Crippen LogP contribution in [0.25, 0.3) is 0 Å². The second-order valence-electron chi connectivity index (χ2n) is 6.36. The number of methoxy groups -OCH3 is 1. The molecule has 0 bridgehead atoms. The fraction of sp³-hybridized carbons (Fsp3) is 0.300. The molecule has 2 aromatic carbocycles. The predicted molar refractivity (Wildman–Crippen MR) is 95.7 cm³/mol. The molecule has 2 aromatic rings. The SMILES string of the molecule is COc1ccc(C(=O)N2CCC(C(=O)c3ccc(O)cc3)CC2)c(O)c1. The van der Waals surface area contributed by atoms with E-state index in [-0.39, 0.29) is 34.7 Å². The van der Waals surface area contributed by atoms with Crippen LogP contribution in [0, 0.1) is 5.92 Å². The van der Waals surface area contributed by atoms with Crippen molar-refractivity contribution < 1.29 is 24.5 Å². The van der Waals surface area contributed by atoms with E-state index in [2.05, 4.69) is 0 Å². The third kappa shape index (κ3) is 3.64. The topological polar surface area (TPSA) is 87.1 Å². The van der Waals surface area contributed by atoms with Crippen LogP contribution < -0.4 is 4.74 Å². The molecule has 0 aromatic heterocycles. The summed E-state index contributed by atoms with van der Waals surface area (Å²) in [6.45, 7) is 0.914. The molecular weight excluding hydrogens is 334 g/mol. The Bertz CT molecular complexity index is 807. The molecule has 1 saturated heterocycles. The number of rotatable bonds is 4. The average molecular weight is 355 g/mol. The molecule has 0 unspecified atom stereocenters. The van der Waals surface area contributed by atoms with Crippen LogP contribution in [0.1, 0.15) is 33.6 Å². The largest absolute Gasteiger partial charge is 0.508 e. The lowest BCUT2D eigenvalue weighted by molar-refractivity contribution is 0.0647. The molecule has 1 aliphatic rings. The highest BCUT2D eigenvalue weighted by Crippen LogP contribution is 2.28. The van der Waals surface area contributed by atoms with Crippen LogP contribution in [-0.2, 0) is 0 Å². The highest BCUT2D eigenvalue weighted by Gasteiger charge is 2.29. The number of ketones is 1. The molecule has 0 radical (unpaired) electrons. The van der Waals surface area contributed by atoms with E-state index in [4.69, 9.17) is 4.74 Å². The molecular formula is C20H21NO5. The number of Topliss-reactive ketones (excluding diaryl/α,β-unsaturated/α-hetero) is 1. The molecule has 0 aliphatic carbocycles. The van der Waals surface area contributed by atoms with Crippen LogP contribution in [0.5, 0.6) is 17.2 Å². The molecule has 0 spiro atoms. The Morgan fingerprint density at radius 1 is 1.04 bits per heavy atom. The molecule has 1 aliphatic heterocycles. The van der Waals surface area contributed by atoms with Gasteiger partial charge in [0.25, 0.3) is 5.91 Å². The van der Waals surface area contributed by atoms with Gasteiger partial charge in [-0.25, -0.2) is 0 Å². The number of nitrogens with zero attached hydrogens (tertiary/aromatic N) is 1. The smallest absolute Gasteiger partial charge is 0.257 e. The minimum atomic E-state index is -0.249. The standard InChI is InChI=1S/C20H21NO5/c1-26-16-6-7-17(18(23)12-16)20(25)21-10-8-14(9-11-21)19(24)13-2-4-15(22)5-3-13/h2-7,12,14,22-23H,8-11H2,1H3. The summed E-state index contributed by atoms with van der Waals surface area (Å²) in [5.41, 5.74) is 0.800. The maximum absolute atomic E-state index is 12.6. The second-order valence-corrected chi connectivity index (χ2v) is 6.36. The van der Waals surface area contributed by atoms with E-state index in [0.29, 0.717) is 37.2 Å². The maximum Gasteiger partial charge on any atom is 0.257 e. The van der Waals surface area contributed by atoms with Crippen molar-refractivity contribution in [1.82, 2.24) is 4.90 Å². The summed E-state index contributed by atoms with van der Waals surface area (Å²) in [4.78, 5) is 26.8. The van der Waals surface area contributed by atoms with E-state index in [1.54, 1.807) is 29.2 Å². The monoisotopic (exact) mass is 355 g/mol. The highest BCUT2D eigenvalue weighted by atomic mass is 16.5. The fourth-order valence-corrected chi connectivity index (χ4v) is 3.20. The van der Waals surface area contributed by atoms with Gasteiger partial charge in [0.05, 0.1) is 12.7 Å². The van der Waals surface area contributed by atoms with Crippen LogP contribution in [0.15, 0.2) is 42.5 Å². The number of benzene rings is 2. The fourth-order valence-electron chi connectivity index (χ4n) is 3.20.